The molecule has 24 heavy (non-hydrogen) atoms. The molecule has 0 bridgehead atoms. The number of nitrogens with one attached hydrogen (secondary N) is 2. The molecule has 0 fully saturated rings. The number of amides is 1. The van der Waals surface area contributed by atoms with Crippen molar-refractivity contribution in [3.05, 3.63) is 58.6 Å². The minimum absolute atomic E-state index is 0.0571. The van der Waals surface area contributed by atoms with Crippen molar-refractivity contribution in [1.82, 2.24) is 5.32 Å². The van der Waals surface area contributed by atoms with Crippen LogP contribution in [0.4, 0.5) is 5.69 Å². The van der Waals surface area contributed by atoms with E-state index in [0.717, 1.165) is 12.0 Å². The Morgan fingerprint density at radius 3 is 2.42 bits per heavy atom. The van der Waals surface area contributed by atoms with E-state index in [2.05, 4.69) is 10.0 Å². The van der Waals surface area contributed by atoms with E-state index in [1.165, 1.54) is 18.2 Å². The fourth-order valence-electron chi connectivity index (χ4n) is 2.02. The zero-order valence-corrected chi connectivity index (χ0v) is 15.0. The molecule has 0 saturated heterocycles. The highest BCUT2D eigenvalue weighted by Crippen LogP contribution is 2.25. The normalized spacial score (nSPS) is 11.1. The fraction of sp³-hybridized carbons (Fsp3) is 0.235. The first kappa shape index (κ1) is 18.3. The van der Waals surface area contributed by atoms with Crippen molar-refractivity contribution >= 4 is 33.2 Å². The topological polar surface area (TPSA) is 75.3 Å². The number of aryl methyl sites for hydroxylation is 1. The van der Waals surface area contributed by atoms with Gasteiger partial charge in [0.25, 0.3) is 15.9 Å². The molecule has 2 rings (SSSR count). The summed E-state index contributed by atoms with van der Waals surface area (Å²) in [6, 6.07) is 11.1. The van der Waals surface area contributed by atoms with Gasteiger partial charge in [-0.3, -0.25) is 9.52 Å². The van der Waals surface area contributed by atoms with E-state index in [1.807, 2.05) is 13.8 Å². The lowest BCUT2D eigenvalue weighted by atomic mass is 10.2. The van der Waals surface area contributed by atoms with Gasteiger partial charge in [-0.05, 0) is 43.7 Å². The standard InChI is InChI=1S/C17H19ClN2O3S/c1-3-10-19-17(21)13-6-9-15(18)16(11-13)24(22,23)20-14-7-4-12(2)5-8-14/h4-9,11,20H,3,10H2,1-2H3,(H,19,21). The van der Waals surface area contributed by atoms with Crippen LogP contribution in [-0.4, -0.2) is 20.9 Å². The minimum Gasteiger partial charge on any atom is -0.352 e. The number of rotatable bonds is 6. The molecule has 128 valence electrons. The molecule has 0 unspecified atom stereocenters. The van der Waals surface area contributed by atoms with Crippen LogP contribution in [0.15, 0.2) is 47.4 Å². The van der Waals surface area contributed by atoms with Gasteiger partial charge in [0.2, 0.25) is 0 Å². The molecule has 2 N–H and O–H groups in total. The second kappa shape index (κ2) is 7.68. The van der Waals surface area contributed by atoms with Crippen molar-refractivity contribution in [3.63, 3.8) is 0 Å². The van der Waals surface area contributed by atoms with Crippen LogP contribution in [0.1, 0.15) is 29.3 Å². The highest BCUT2D eigenvalue weighted by molar-refractivity contribution is 7.92. The summed E-state index contributed by atoms with van der Waals surface area (Å²) in [4.78, 5) is 11.9. The molecule has 0 atom stereocenters. The molecule has 0 spiro atoms. The highest BCUT2D eigenvalue weighted by Gasteiger charge is 2.20. The molecule has 5 nitrogen and oxygen atoms in total. The van der Waals surface area contributed by atoms with Gasteiger partial charge < -0.3 is 5.32 Å². The summed E-state index contributed by atoms with van der Waals surface area (Å²) in [5, 5.41) is 2.76. The second-order valence-electron chi connectivity index (χ2n) is 5.37. The molecule has 2 aromatic carbocycles. The Bertz CT molecular complexity index is 833. The molecule has 2 aromatic rings. The number of sulfonamides is 1. The Hall–Kier alpha value is -2.05. The third kappa shape index (κ3) is 4.49. The van der Waals surface area contributed by atoms with E-state index in [0.29, 0.717) is 12.2 Å². The predicted molar refractivity (Wildman–Crippen MR) is 96.1 cm³/mol. The average molecular weight is 367 g/mol. The van der Waals surface area contributed by atoms with Gasteiger partial charge in [-0.25, -0.2) is 8.42 Å². The number of carbonyl (C=O) groups excluding carboxylic acids is 1. The lowest BCUT2D eigenvalue weighted by molar-refractivity contribution is 0.0953. The monoisotopic (exact) mass is 366 g/mol. The number of hydrogen-bond donors (Lipinski definition) is 2. The van der Waals surface area contributed by atoms with Gasteiger partial charge in [0.1, 0.15) is 4.90 Å². The largest absolute Gasteiger partial charge is 0.352 e. The average Bonchev–Trinajstić information content (AvgIpc) is 2.54. The van der Waals surface area contributed by atoms with Crippen LogP contribution >= 0.6 is 11.6 Å². The van der Waals surface area contributed by atoms with Crippen molar-refractivity contribution in [2.45, 2.75) is 25.2 Å². The maximum atomic E-state index is 12.6. The Morgan fingerprint density at radius 1 is 1.12 bits per heavy atom. The molecule has 0 aliphatic carbocycles. The molecule has 0 aliphatic rings. The molecule has 0 aliphatic heterocycles. The van der Waals surface area contributed by atoms with Gasteiger partial charge in [0.05, 0.1) is 5.02 Å². The third-order valence-corrected chi connectivity index (χ3v) is 5.19. The van der Waals surface area contributed by atoms with E-state index in [-0.39, 0.29) is 21.4 Å². The summed E-state index contributed by atoms with van der Waals surface area (Å²) in [5.74, 6) is -0.333. The SMILES string of the molecule is CCCNC(=O)c1ccc(Cl)c(S(=O)(=O)Nc2ccc(C)cc2)c1. The van der Waals surface area contributed by atoms with Crippen molar-refractivity contribution in [2.75, 3.05) is 11.3 Å². The van der Waals surface area contributed by atoms with Gasteiger partial charge in [0.15, 0.2) is 0 Å². The summed E-state index contributed by atoms with van der Waals surface area (Å²) in [5.41, 5.74) is 1.69. The van der Waals surface area contributed by atoms with Crippen molar-refractivity contribution in [3.8, 4) is 0 Å². The van der Waals surface area contributed by atoms with Gasteiger partial charge in [-0.15, -0.1) is 0 Å². The molecule has 0 aromatic heterocycles. The van der Waals surface area contributed by atoms with Gasteiger partial charge in [-0.2, -0.15) is 0 Å². The van der Waals surface area contributed by atoms with Crippen LogP contribution in [0.5, 0.6) is 0 Å². The van der Waals surface area contributed by atoms with Crippen LogP contribution in [0.3, 0.4) is 0 Å². The van der Waals surface area contributed by atoms with Gasteiger partial charge in [0, 0.05) is 17.8 Å². The van der Waals surface area contributed by atoms with E-state index in [1.54, 1.807) is 24.3 Å². The minimum atomic E-state index is -3.90. The molecule has 0 saturated carbocycles. The highest BCUT2D eigenvalue weighted by atomic mass is 35.5. The lowest BCUT2D eigenvalue weighted by Crippen LogP contribution is -2.24. The maximum Gasteiger partial charge on any atom is 0.263 e. The smallest absolute Gasteiger partial charge is 0.263 e. The summed E-state index contributed by atoms with van der Waals surface area (Å²) >= 11 is 6.03. The summed E-state index contributed by atoms with van der Waals surface area (Å²) in [6.07, 6.45) is 0.791. The molecule has 0 heterocycles. The zero-order valence-electron chi connectivity index (χ0n) is 13.5. The van der Waals surface area contributed by atoms with Crippen molar-refractivity contribution in [1.29, 1.82) is 0 Å². The number of hydrogen-bond acceptors (Lipinski definition) is 3. The van der Waals surface area contributed by atoms with Crippen LogP contribution in [0.25, 0.3) is 0 Å². The first-order chi connectivity index (χ1) is 11.3. The summed E-state index contributed by atoms with van der Waals surface area (Å²) in [7, 11) is -3.90. The third-order valence-electron chi connectivity index (χ3n) is 3.32. The lowest BCUT2D eigenvalue weighted by Gasteiger charge is -2.11. The Labute approximate surface area is 147 Å². The summed E-state index contributed by atoms with van der Waals surface area (Å²) in [6.45, 7) is 4.36. The van der Waals surface area contributed by atoms with Crippen LogP contribution in [-0.2, 0) is 10.0 Å². The predicted octanol–water partition coefficient (Wildman–Crippen LogP) is 3.59. The van der Waals surface area contributed by atoms with Crippen molar-refractivity contribution in [2.24, 2.45) is 0 Å². The van der Waals surface area contributed by atoms with Crippen LogP contribution in [0.2, 0.25) is 5.02 Å². The van der Waals surface area contributed by atoms with Gasteiger partial charge in [-0.1, -0.05) is 36.2 Å². The van der Waals surface area contributed by atoms with Crippen LogP contribution in [0, 0.1) is 6.92 Å². The molecule has 0 radical (unpaired) electrons. The number of anilines is 1. The zero-order chi connectivity index (χ0) is 17.7. The van der Waals surface area contributed by atoms with Gasteiger partial charge >= 0.3 is 0 Å². The Kier molecular flexibility index (Phi) is 5.85. The number of halogens is 1. The molecular formula is C17H19ClN2O3S. The van der Waals surface area contributed by atoms with Crippen molar-refractivity contribution < 1.29 is 13.2 Å². The Balaban J connectivity index is 2.31. The van der Waals surface area contributed by atoms with E-state index < -0.39 is 10.0 Å². The fourth-order valence-corrected chi connectivity index (χ4v) is 3.61. The second-order valence-corrected chi connectivity index (χ2v) is 7.43. The quantitative estimate of drug-likeness (QED) is 0.820. The van der Waals surface area contributed by atoms with E-state index >= 15 is 0 Å². The summed E-state index contributed by atoms with van der Waals surface area (Å²) < 4.78 is 27.6. The van der Waals surface area contributed by atoms with E-state index in [4.69, 9.17) is 11.6 Å². The molecule has 7 heteroatoms. The van der Waals surface area contributed by atoms with E-state index in [9.17, 15) is 13.2 Å². The number of benzene rings is 2. The Morgan fingerprint density at radius 2 is 1.79 bits per heavy atom. The molecular weight excluding hydrogens is 348 g/mol. The van der Waals surface area contributed by atoms with Crippen LogP contribution < -0.4 is 10.0 Å². The number of carbonyl (C=O) groups is 1. The molecule has 1 amide bonds. The maximum absolute atomic E-state index is 12.6. The first-order valence-electron chi connectivity index (χ1n) is 7.50. The first-order valence-corrected chi connectivity index (χ1v) is 9.37.